The minimum absolute atomic E-state index is 0.0348. The van der Waals surface area contributed by atoms with Gasteiger partial charge < -0.3 is 10.1 Å². The molecule has 156 valence electrons. The smallest absolute Gasteiger partial charge is 0.307 e. The molecule has 0 aliphatic rings. The van der Waals surface area contributed by atoms with Crippen LogP contribution in [-0.2, 0) is 14.3 Å². The molecular weight excluding hydrogens is 410 g/mol. The number of halogens is 1. The number of anilines is 1. The number of ether oxygens (including phenoxy) is 1. The van der Waals surface area contributed by atoms with Crippen molar-refractivity contribution in [2.24, 2.45) is 5.92 Å². The summed E-state index contributed by atoms with van der Waals surface area (Å²) in [5.74, 6) is -1.54. The van der Waals surface area contributed by atoms with Gasteiger partial charge in [0.05, 0.1) is 12.0 Å². The molecule has 0 unspecified atom stereocenters. The Bertz CT molecular complexity index is 926. The normalized spacial score (nSPS) is 12.4. The number of benzene rings is 1. The van der Waals surface area contributed by atoms with Gasteiger partial charge in [-0.2, -0.15) is 0 Å². The van der Waals surface area contributed by atoms with Crippen LogP contribution in [0.3, 0.4) is 0 Å². The van der Waals surface area contributed by atoms with Gasteiger partial charge in [-0.1, -0.05) is 18.5 Å². The molecule has 2 rings (SSSR count). The van der Waals surface area contributed by atoms with E-state index in [1.807, 2.05) is 13.8 Å². The molecule has 1 heterocycles. The maximum Gasteiger partial charge on any atom is 0.307 e. The highest BCUT2D eigenvalue weighted by molar-refractivity contribution is 7.16. The number of aryl methyl sites for hydroxylation is 1. The van der Waals surface area contributed by atoms with Crippen LogP contribution < -0.4 is 5.32 Å². The third kappa shape index (κ3) is 6.15. The van der Waals surface area contributed by atoms with Crippen molar-refractivity contribution in [2.45, 2.75) is 53.6 Å². The SMILES string of the molecule is Cc1sc(NC(=O)[C@H](C)CC(=O)OC(C)(C)C)c(C(=O)c2ccc(Cl)cc2)c1C. The molecule has 0 saturated carbocycles. The number of thiophene rings is 1. The molecule has 1 N–H and O–H groups in total. The van der Waals surface area contributed by atoms with Crippen molar-refractivity contribution in [2.75, 3.05) is 5.32 Å². The average molecular weight is 436 g/mol. The van der Waals surface area contributed by atoms with E-state index in [2.05, 4.69) is 5.32 Å². The van der Waals surface area contributed by atoms with Gasteiger partial charge in [-0.15, -0.1) is 11.3 Å². The van der Waals surface area contributed by atoms with E-state index in [0.29, 0.717) is 21.2 Å². The standard InChI is InChI=1S/C22H26ClNO4S/c1-12(11-17(25)28-22(4,5)6)20(27)24-21-18(13(2)14(3)29-21)19(26)15-7-9-16(23)10-8-15/h7-10,12H,11H2,1-6H3,(H,24,27)/t12-/m1/s1. The predicted octanol–water partition coefficient (Wildman–Crippen LogP) is 5.56. The predicted molar refractivity (Wildman–Crippen MR) is 117 cm³/mol. The topological polar surface area (TPSA) is 72.5 Å². The Balaban J connectivity index is 2.20. The van der Waals surface area contributed by atoms with Crippen molar-refractivity contribution in [3.8, 4) is 0 Å². The van der Waals surface area contributed by atoms with Crippen LogP contribution in [0, 0.1) is 19.8 Å². The zero-order valence-electron chi connectivity index (χ0n) is 17.5. The largest absolute Gasteiger partial charge is 0.460 e. The Morgan fingerprint density at radius 1 is 1.14 bits per heavy atom. The second-order valence-electron chi connectivity index (χ2n) is 8.00. The highest BCUT2D eigenvalue weighted by Crippen LogP contribution is 2.34. The summed E-state index contributed by atoms with van der Waals surface area (Å²) >= 11 is 7.26. The molecule has 1 aromatic heterocycles. The number of esters is 1. The van der Waals surface area contributed by atoms with Crippen LogP contribution in [0.4, 0.5) is 5.00 Å². The molecule has 1 aromatic carbocycles. The molecule has 0 spiro atoms. The summed E-state index contributed by atoms with van der Waals surface area (Å²) in [6, 6.07) is 6.64. The first-order valence-electron chi connectivity index (χ1n) is 9.32. The molecule has 0 aliphatic heterocycles. The molecule has 0 radical (unpaired) electrons. The van der Waals surface area contributed by atoms with E-state index in [4.69, 9.17) is 16.3 Å². The molecule has 0 saturated heterocycles. The Morgan fingerprint density at radius 2 is 1.72 bits per heavy atom. The summed E-state index contributed by atoms with van der Waals surface area (Å²) in [4.78, 5) is 38.6. The number of amides is 1. The molecule has 2 aromatic rings. The molecule has 7 heteroatoms. The fourth-order valence-corrected chi connectivity index (χ4v) is 3.88. The minimum atomic E-state index is -0.604. The number of hydrogen-bond donors (Lipinski definition) is 1. The van der Waals surface area contributed by atoms with Crippen LogP contribution in [0.25, 0.3) is 0 Å². The molecule has 1 amide bonds. The van der Waals surface area contributed by atoms with Gasteiger partial charge in [-0.3, -0.25) is 14.4 Å². The lowest BCUT2D eigenvalue weighted by atomic mass is 10.0. The van der Waals surface area contributed by atoms with Crippen molar-refractivity contribution in [1.29, 1.82) is 0 Å². The van der Waals surface area contributed by atoms with Gasteiger partial charge in [-0.05, 0) is 64.4 Å². The maximum absolute atomic E-state index is 13.0. The average Bonchev–Trinajstić information content (AvgIpc) is 2.87. The van der Waals surface area contributed by atoms with Crippen molar-refractivity contribution in [1.82, 2.24) is 0 Å². The second-order valence-corrected chi connectivity index (χ2v) is 9.67. The fourth-order valence-electron chi connectivity index (χ4n) is 2.69. The van der Waals surface area contributed by atoms with Crippen LogP contribution >= 0.6 is 22.9 Å². The molecule has 0 fully saturated rings. The first kappa shape index (κ1) is 23.1. The first-order chi connectivity index (χ1) is 13.4. The summed E-state index contributed by atoms with van der Waals surface area (Å²) in [6.45, 7) is 10.8. The van der Waals surface area contributed by atoms with Gasteiger partial charge in [0.1, 0.15) is 10.6 Å². The molecule has 0 bridgehead atoms. The van der Waals surface area contributed by atoms with E-state index in [1.54, 1.807) is 52.0 Å². The van der Waals surface area contributed by atoms with E-state index < -0.39 is 17.5 Å². The number of carbonyl (C=O) groups excluding carboxylic acids is 3. The summed E-state index contributed by atoms with van der Waals surface area (Å²) in [7, 11) is 0. The van der Waals surface area contributed by atoms with Gasteiger partial charge >= 0.3 is 5.97 Å². The van der Waals surface area contributed by atoms with Gasteiger partial charge in [0, 0.05) is 21.4 Å². The second kappa shape index (κ2) is 9.09. The van der Waals surface area contributed by atoms with E-state index in [1.165, 1.54) is 11.3 Å². The highest BCUT2D eigenvalue weighted by Gasteiger charge is 2.26. The lowest BCUT2D eigenvalue weighted by Crippen LogP contribution is -2.28. The summed E-state index contributed by atoms with van der Waals surface area (Å²) in [5, 5.41) is 3.86. The fraction of sp³-hybridized carbons (Fsp3) is 0.409. The first-order valence-corrected chi connectivity index (χ1v) is 10.5. The molecular formula is C22H26ClNO4S. The van der Waals surface area contributed by atoms with Gasteiger partial charge in [-0.25, -0.2) is 0 Å². The van der Waals surface area contributed by atoms with Crippen molar-refractivity contribution < 1.29 is 19.1 Å². The third-order valence-electron chi connectivity index (χ3n) is 4.30. The Morgan fingerprint density at radius 3 is 2.28 bits per heavy atom. The number of ketones is 1. The quantitative estimate of drug-likeness (QED) is 0.476. The van der Waals surface area contributed by atoms with E-state index in [9.17, 15) is 14.4 Å². The van der Waals surface area contributed by atoms with Crippen molar-refractivity contribution in [3.63, 3.8) is 0 Å². The third-order valence-corrected chi connectivity index (χ3v) is 5.67. The summed E-state index contributed by atoms with van der Waals surface area (Å²) < 4.78 is 5.28. The van der Waals surface area contributed by atoms with Crippen LogP contribution in [0.1, 0.15) is 60.5 Å². The summed E-state index contributed by atoms with van der Waals surface area (Å²) in [5.41, 5.74) is 1.18. The van der Waals surface area contributed by atoms with Crippen molar-refractivity contribution in [3.05, 3.63) is 50.9 Å². The Labute approximate surface area is 180 Å². The Hall–Kier alpha value is -2.18. The monoisotopic (exact) mass is 435 g/mol. The van der Waals surface area contributed by atoms with Gasteiger partial charge in [0.25, 0.3) is 0 Å². The maximum atomic E-state index is 13.0. The number of rotatable bonds is 6. The zero-order valence-corrected chi connectivity index (χ0v) is 19.1. The van der Waals surface area contributed by atoms with Crippen LogP contribution in [0.5, 0.6) is 0 Å². The van der Waals surface area contributed by atoms with E-state index >= 15 is 0 Å². The lowest BCUT2D eigenvalue weighted by Gasteiger charge is -2.20. The number of nitrogens with one attached hydrogen (secondary N) is 1. The molecule has 29 heavy (non-hydrogen) atoms. The van der Waals surface area contributed by atoms with Crippen LogP contribution in [-0.4, -0.2) is 23.3 Å². The van der Waals surface area contributed by atoms with Crippen molar-refractivity contribution >= 4 is 45.6 Å². The van der Waals surface area contributed by atoms with Gasteiger partial charge in [0.2, 0.25) is 5.91 Å². The van der Waals surface area contributed by atoms with Crippen LogP contribution in [0.15, 0.2) is 24.3 Å². The van der Waals surface area contributed by atoms with E-state index in [0.717, 1.165) is 10.4 Å². The molecule has 0 aliphatic carbocycles. The minimum Gasteiger partial charge on any atom is -0.460 e. The van der Waals surface area contributed by atoms with Gasteiger partial charge in [0.15, 0.2) is 5.78 Å². The van der Waals surface area contributed by atoms with E-state index in [-0.39, 0.29) is 18.1 Å². The highest BCUT2D eigenvalue weighted by atomic mass is 35.5. The number of hydrogen-bond acceptors (Lipinski definition) is 5. The number of carbonyl (C=O) groups is 3. The molecule has 1 atom stereocenters. The Kier molecular flexibility index (Phi) is 7.25. The lowest BCUT2D eigenvalue weighted by molar-refractivity contribution is -0.156. The van der Waals surface area contributed by atoms with Crippen LogP contribution in [0.2, 0.25) is 5.02 Å². The summed E-state index contributed by atoms with van der Waals surface area (Å²) in [6.07, 6.45) is -0.0348. The molecule has 5 nitrogen and oxygen atoms in total. The zero-order chi connectivity index (χ0) is 21.9.